The maximum absolute atomic E-state index is 13.7. The number of benzene rings is 2. The van der Waals surface area contributed by atoms with Crippen LogP contribution in [0.2, 0.25) is 0 Å². The van der Waals surface area contributed by atoms with Crippen LogP contribution in [0.15, 0.2) is 97.1 Å². The number of allylic oxidation sites excluding steroid dienone is 8. The van der Waals surface area contributed by atoms with Crippen LogP contribution in [0.4, 0.5) is 8.78 Å². The van der Waals surface area contributed by atoms with Gasteiger partial charge >= 0.3 is 0 Å². The van der Waals surface area contributed by atoms with Crippen LogP contribution in [0.3, 0.4) is 0 Å². The maximum Gasteiger partial charge on any atom is 0.123 e. The lowest BCUT2D eigenvalue weighted by Gasteiger charge is -2.49. The van der Waals surface area contributed by atoms with Gasteiger partial charge in [-0.3, -0.25) is 0 Å². The van der Waals surface area contributed by atoms with Gasteiger partial charge in [0.15, 0.2) is 0 Å². The van der Waals surface area contributed by atoms with E-state index in [9.17, 15) is 8.78 Å². The fourth-order valence-electron chi connectivity index (χ4n) is 4.51. The second-order valence-electron chi connectivity index (χ2n) is 7.12. The Morgan fingerprint density at radius 3 is 1.54 bits per heavy atom. The first-order valence-corrected chi connectivity index (χ1v) is 8.80. The summed E-state index contributed by atoms with van der Waals surface area (Å²) >= 11 is 0. The summed E-state index contributed by atoms with van der Waals surface area (Å²) in [5, 5.41) is 0. The van der Waals surface area contributed by atoms with Crippen LogP contribution in [-0.2, 0) is 5.41 Å². The first-order valence-electron chi connectivity index (χ1n) is 8.80. The number of hydrogen-bond acceptors (Lipinski definition) is 0. The summed E-state index contributed by atoms with van der Waals surface area (Å²) in [6.07, 6.45) is 16.9. The van der Waals surface area contributed by atoms with Crippen molar-refractivity contribution >= 4 is 0 Å². The molecule has 0 fully saturated rings. The Morgan fingerprint density at radius 1 is 0.692 bits per heavy atom. The van der Waals surface area contributed by atoms with Crippen LogP contribution in [0.1, 0.15) is 18.1 Å². The minimum Gasteiger partial charge on any atom is -0.207 e. The van der Waals surface area contributed by atoms with E-state index in [1.165, 1.54) is 24.3 Å². The molecule has 4 rings (SSSR count). The monoisotopic (exact) mass is 346 g/mol. The van der Waals surface area contributed by atoms with Crippen LogP contribution < -0.4 is 0 Å². The van der Waals surface area contributed by atoms with E-state index >= 15 is 0 Å². The summed E-state index contributed by atoms with van der Waals surface area (Å²) in [5.41, 5.74) is 1.16. The van der Waals surface area contributed by atoms with Crippen LogP contribution in [-0.4, -0.2) is 0 Å². The first kappa shape index (κ1) is 16.7. The predicted octanol–water partition coefficient (Wildman–Crippen LogP) is 6.13. The van der Waals surface area contributed by atoms with E-state index in [0.29, 0.717) is 0 Å². The molecule has 0 aliphatic heterocycles. The lowest BCUT2D eigenvalue weighted by atomic mass is 9.52. The third-order valence-electron chi connectivity index (χ3n) is 5.69. The first-order chi connectivity index (χ1) is 12.6. The van der Waals surface area contributed by atoms with Gasteiger partial charge in [0, 0.05) is 16.7 Å². The molecule has 0 spiro atoms. The SMILES string of the molecule is CC1(C(c2ccc(F)cc2)(c2ccc(F)cc2)C2C=CC=C2)C=CC=C1. The quantitative estimate of drug-likeness (QED) is 0.625. The molecule has 130 valence electrons. The predicted molar refractivity (Wildman–Crippen MR) is 102 cm³/mol. The van der Waals surface area contributed by atoms with Crippen LogP contribution in [0.25, 0.3) is 0 Å². The molecular weight excluding hydrogens is 326 g/mol. The third-order valence-corrected chi connectivity index (χ3v) is 5.69. The Morgan fingerprint density at radius 2 is 1.12 bits per heavy atom. The highest BCUT2D eigenvalue weighted by Gasteiger charge is 2.52. The molecule has 0 nitrogen and oxygen atoms in total. The van der Waals surface area contributed by atoms with Gasteiger partial charge in [0.25, 0.3) is 0 Å². The van der Waals surface area contributed by atoms with Crippen molar-refractivity contribution in [3.05, 3.63) is 120 Å². The Labute approximate surface area is 152 Å². The van der Waals surface area contributed by atoms with Crippen LogP contribution >= 0.6 is 0 Å². The molecule has 2 aliphatic rings. The van der Waals surface area contributed by atoms with Crippen molar-refractivity contribution in [2.24, 2.45) is 11.3 Å². The summed E-state index contributed by atoms with van der Waals surface area (Å²) < 4.78 is 27.3. The molecule has 26 heavy (non-hydrogen) atoms. The van der Waals surface area contributed by atoms with Gasteiger partial charge in [-0.15, -0.1) is 0 Å². The van der Waals surface area contributed by atoms with Crippen LogP contribution in [0.5, 0.6) is 0 Å². The van der Waals surface area contributed by atoms with Gasteiger partial charge in [0.05, 0.1) is 0 Å². The van der Waals surface area contributed by atoms with Crippen molar-refractivity contribution in [1.29, 1.82) is 0 Å². The minimum atomic E-state index is -0.512. The van der Waals surface area contributed by atoms with Gasteiger partial charge in [0.1, 0.15) is 11.6 Å². The molecule has 0 amide bonds. The summed E-state index contributed by atoms with van der Waals surface area (Å²) in [5.74, 6) is -0.459. The molecule has 2 aliphatic carbocycles. The zero-order chi connectivity index (χ0) is 18.2. The molecule has 0 radical (unpaired) electrons. The second kappa shape index (κ2) is 6.21. The molecule has 0 atom stereocenters. The molecule has 0 aromatic heterocycles. The van der Waals surface area contributed by atoms with Crippen LogP contribution in [0, 0.1) is 23.0 Å². The van der Waals surface area contributed by atoms with Crippen molar-refractivity contribution < 1.29 is 8.78 Å². The highest BCUT2D eigenvalue weighted by Crippen LogP contribution is 2.56. The minimum absolute atomic E-state index is 0.0656. The smallest absolute Gasteiger partial charge is 0.123 e. The van der Waals surface area contributed by atoms with Gasteiger partial charge in [-0.05, 0) is 35.4 Å². The average Bonchev–Trinajstić information content (AvgIpc) is 3.32. The number of hydrogen-bond donors (Lipinski definition) is 0. The molecule has 0 saturated carbocycles. The van der Waals surface area contributed by atoms with E-state index in [1.54, 1.807) is 0 Å². The molecular formula is C24H20F2. The van der Waals surface area contributed by atoms with Crippen molar-refractivity contribution in [2.45, 2.75) is 12.3 Å². The fraction of sp³-hybridized carbons (Fsp3) is 0.167. The summed E-state index contributed by atoms with van der Waals surface area (Å²) in [6, 6.07) is 13.4. The van der Waals surface area contributed by atoms with E-state index in [1.807, 2.05) is 48.6 Å². The van der Waals surface area contributed by atoms with Gasteiger partial charge in [0.2, 0.25) is 0 Å². The molecule has 0 unspecified atom stereocenters. The Balaban J connectivity index is 2.06. The molecule has 0 N–H and O–H groups in total. The molecule has 2 aromatic carbocycles. The van der Waals surface area contributed by atoms with E-state index in [2.05, 4.69) is 31.2 Å². The number of halogens is 2. The lowest BCUT2D eigenvalue weighted by Crippen LogP contribution is -2.47. The maximum atomic E-state index is 13.7. The second-order valence-corrected chi connectivity index (χ2v) is 7.12. The molecule has 2 aromatic rings. The average molecular weight is 346 g/mol. The highest BCUT2D eigenvalue weighted by molar-refractivity contribution is 5.52. The standard InChI is InChI=1S/C24H20F2/c1-23(16-4-5-17-23)24(18-6-2-3-7-18,19-8-12-21(25)13-9-19)20-10-14-22(26)15-11-20/h2-18H,1H3. The summed E-state index contributed by atoms with van der Waals surface area (Å²) in [6.45, 7) is 2.18. The molecule has 0 saturated heterocycles. The lowest BCUT2D eigenvalue weighted by molar-refractivity contribution is 0.270. The van der Waals surface area contributed by atoms with E-state index in [-0.39, 0.29) is 23.0 Å². The molecule has 0 bridgehead atoms. The topological polar surface area (TPSA) is 0 Å². The number of rotatable bonds is 4. The Hall–Kier alpha value is -2.74. The Bertz CT molecular complexity index is 842. The highest BCUT2D eigenvalue weighted by atomic mass is 19.1. The zero-order valence-corrected chi connectivity index (χ0v) is 14.6. The zero-order valence-electron chi connectivity index (χ0n) is 14.6. The molecule has 2 heteroatoms. The van der Waals surface area contributed by atoms with Gasteiger partial charge in [-0.1, -0.05) is 79.8 Å². The van der Waals surface area contributed by atoms with Crippen molar-refractivity contribution in [2.75, 3.05) is 0 Å². The summed E-state index contributed by atoms with van der Waals surface area (Å²) in [4.78, 5) is 0. The van der Waals surface area contributed by atoms with Crippen molar-refractivity contribution in [3.63, 3.8) is 0 Å². The normalized spacial score (nSPS) is 18.1. The van der Waals surface area contributed by atoms with Gasteiger partial charge in [-0.25, -0.2) is 8.78 Å². The summed E-state index contributed by atoms with van der Waals surface area (Å²) in [7, 11) is 0. The van der Waals surface area contributed by atoms with E-state index in [0.717, 1.165) is 11.1 Å². The Kier molecular flexibility index (Phi) is 3.99. The van der Waals surface area contributed by atoms with Gasteiger partial charge in [-0.2, -0.15) is 0 Å². The van der Waals surface area contributed by atoms with Gasteiger partial charge < -0.3 is 0 Å². The fourth-order valence-corrected chi connectivity index (χ4v) is 4.51. The van der Waals surface area contributed by atoms with E-state index in [4.69, 9.17) is 0 Å². The largest absolute Gasteiger partial charge is 0.207 e. The third kappa shape index (κ3) is 2.40. The van der Waals surface area contributed by atoms with Crippen molar-refractivity contribution in [1.82, 2.24) is 0 Å². The molecule has 0 heterocycles. The van der Waals surface area contributed by atoms with Crippen molar-refractivity contribution in [3.8, 4) is 0 Å². The van der Waals surface area contributed by atoms with E-state index < -0.39 is 5.41 Å².